The molecule has 0 aliphatic carbocycles. The van der Waals surface area contributed by atoms with Gasteiger partial charge in [0.05, 0.1) is 5.56 Å². The van der Waals surface area contributed by atoms with Gasteiger partial charge in [-0.3, -0.25) is 4.79 Å². The minimum absolute atomic E-state index is 0.150. The Hall–Kier alpha value is -1.42. The molecule has 1 heterocycles. The summed E-state index contributed by atoms with van der Waals surface area (Å²) in [5.41, 5.74) is 0.150. The zero-order valence-corrected chi connectivity index (χ0v) is 9.24. The van der Waals surface area contributed by atoms with Crippen LogP contribution in [0, 0.1) is 5.82 Å². The summed E-state index contributed by atoms with van der Waals surface area (Å²) in [5.74, 6) is -0.697. The SMILES string of the molecule is CN(C(=O)c1ccccc1F)C1CCNC1. The Bertz CT molecular complexity index is 388. The Morgan fingerprint density at radius 3 is 2.88 bits per heavy atom. The quantitative estimate of drug-likeness (QED) is 0.817. The molecule has 0 bridgehead atoms. The first-order valence-corrected chi connectivity index (χ1v) is 5.42. The van der Waals surface area contributed by atoms with E-state index in [0.29, 0.717) is 0 Å². The summed E-state index contributed by atoms with van der Waals surface area (Å²) >= 11 is 0. The zero-order valence-electron chi connectivity index (χ0n) is 9.24. The van der Waals surface area contributed by atoms with Crippen molar-refractivity contribution in [3.8, 4) is 0 Å². The first-order chi connectivity index (χ1) is 7.70. The predicted octanol–water partition coefficient (Wildman–Crippen LogP) is 1.26. The molecule has 1 aliphatic heterocycles. The van der Waals surface area contributed by atoms with E-state index in [0.717, 1.165) is 19.5 Å². The summed E-state index contributed by atoms with van der Waals surface area (Å²) in [5, 5.41) is 3.19. The van der Waals surface area contributed by atoms with Gasteiger partial charge in [0.25, 0.3) is 5.91 Å². The smallest absolute Gasteiger partial charge is 0.256 e. The first kappa shape index (κ1) is 11.1. The van der Waals surface area contributed by atoms with E-state index in [1.165, 1.54) is 12.1 Å². The number of hydrogen-bond acceptors (Lipinski definition) is 2. The van der Waals surface area contributed by atoms with E-state index in [-0.39, 0.29) is 17.5 Å². The lowest BCUT2D eigenvalue weighted by atomic mass is 10.1. The van der Waals surface area contributed by atoms with Gasteiger partial charge in [-0.05, 0) is 25.1 Å². The minimum atomic E-state index is -0.453. The number of benzene rings is 1. The lowest BCUT2D eigenvalue weighted by Gasteiger charge is -2.23. The fraction of sp³-hybridized carbons (Fsp3) is 0.417. The molecular formula is C12H15FN2O. The number of likely N-dealkylation sites (N-methyl/N-ethyl adjacent to an activating group) is 1. The summed E-state index contributed by atoms with van der Waals surface area (Å²) in [7, 11) is 1.73. The molecule has 1 atom stereocenters. The number of nitrogens with zero attached hydrogens (tertiary/aromatic N) is 1. The maximum absolute atomic E-state index is 13.4. The van der Waals surface area contributed by atoms with E-state index in [9.17, 15) is 9.18 Å². The third kappa shape index (κ3) is 2.07. The van der Waals surface area contributed by atoms with Crippen molar-refractivity contribution in [3.05, 3.63) is 35.6 Å². The number of amides is 1. The van der Waals surface area contributed by atoms with Crippen LogP contribution in [0.25, 0.3) is 0 Å². The number of hydrogen-bond donors (Lipinski definition) is 1. The van der Waals surface area contributed by atoms with Crippen molar-refractivity contribution >= 4 is 5.91 Å². The topological polar surface area (TPSA) is 32.3 Å². The fourth-order valence-electron chi connectivity index (χ4n) is 1.96. The maximum atomic E-state index is 13.4. The van der Waals surface area contributed by atoms with Crippen LogP contribution in [0.5, 0.6) is 0 Å². The molecule has 16 heavy (non-hydrogen) atoms. The van der Waals surface area contributed by atoms with Crippen LogP contribution in [-0.4, -0.2) is 37.0 Å². The fourth-order valence-corrected chi connectivity index (χ4v) is 1.96. The average molecular weight is 222 g/mol. The number of nitrogens with one attached hydrogen (secondary N) is 1. The molecule has 86 valence electrons. The molecule has 1 saturated heterocycles. The monoisotopic (exact) mass is 222 g/mol. The van der Waals surface area contributed by atoms with Crippen LogP contribution in [-0.2, 0) is 0 Å². The largest absolute Gasteiger partial charge is 0.337 e. The molecule has 1 unspecified atom stereocenters. The Labute approximate surface area is 94.3 Å². The molecule has 1 aromatic carbocycles. The molecule has 0 spiro atoms. The summed E-state index contributed by atoms with van der Waals surface area (Å²) in [6.07, 6.45) is 0.927. The van der Waals surface area contributed by atoms with Crippen molar-refractivity contribution in [2.24, 2.45) is 0 Å². The Morgan fingerprint density at radius 2 is 2.25 bits per heavy atom. The molecule has 1 amide bonds. The highest BCUT2D eigenvalue weighted by Crippen LogP contribution is 2.13. The molecule has 1 aliphatic rings. The van der Waals surface area contributed by atoms with Gasteiger partial charge in [-0.1, -0.05) is 12.1 Å². The molecule has 0 radical (unpaired) electrons. The highest BCUT2D eigenvalue weighted by Gasteiger charge is 2.25. The van der Waals surface area contributed by atoms with E-state index >= 15 is 0 Å². The van der Waals surface area contributed by atoms with E-state index in [1.807, 2.05) is 0 Å². The van der Waals surface area contributed by atoms with Crippen LogP contribution in [0.2, 0.25) is 0 Å². The van der Waals surface area contributed by atoms with E-state index < -0.39 is 5.82 Å². The number of halogens is 1. The van der Waals surface area contributed by atoms with Crippen molar-refractivity contribution in [3.63, 3.8) is 0 Å². The van der Waals surface area contributed by atoms with Gasteiger partial charge in [0.2, 0.25) is 0 Å². The van der Waals surface area contributed by atoms with Gasteiger partial charge in [0.1, 0.15) is 5.82 Å². The van der Waals surface area contributed by atoms with Crippen molar-refractivity contribution in [2.75, 3.05) is 20.1 Å². The average Bonchev–Trinajstić information content (AvgIpc) is 2.81. The normalized spacial score (nSPS) is 19.8. The maximum Gasteiger partial charge on any atom is 0.256 e. The predicted molar refractivity (Wildman–Crippen MR) is 59.8 cm³/mol. The highest BCUT2D eigenvalue weighted by molar-refractivity contribution is 5.94. The molecule has 1 fully saturated rings. The summed E-state index contributed by atoms with van der Waals surface area (Å²) in [6, 6.07) is 6.28. The van der Waals surface area contributed by atoms with Crippen LogP contribution < -0.4 is 5.32 Å². The van der Waals surface area contributed by atoms with Crippen LogP contribution in [0.1, 0.15) is 16.8 Å². The third-order valence-corrected chi connectivity index (χ3v) is 3.01. The molecule has 3 nitrogen and oxygen atoms in total. The highest BCUT2D eigenvalue weighted by atomic mass is 19.1. The van der Waals surface area contributed by atoms with E-state index in [1.54, 1.807) is 24.1 Å². The minimum Gasteiger partial charge on any atom is -0.337 e. The van der Waals surface area contributed by atoms with Crippen molar-refractivity contribution < 1.29 is 9.18 Å². The van der Waals surface area contributed by atoms with Crippen LogP contribution in [0.4, 0.5) is 4.39 Å². The number of rotatable bonds is 2. The Balaban J connectivity index is 2.15. The van der Waals surface area contributed by atoms with Crippen molar-refractivity contribution in [1.29, 1.82) is 0 Å². The standard InChI is InChI=1S/C12H15FN2O/c1-15(9-6-7-14-8-9)12(16)10-4-2-3-5-11(10)13/h2-5,9,14H,6-8H2,1H3. The van der Waals surface area contributed by atoms with Gasteiger partial charge in [0.15, 0.2) is 0 Å². The number of carbonyl (C=O) groups is 1. The molecule has 4 heteroatoms. The second-order valence-electron chi connectivity index (χ2n) is 4.04. The van der Waals surface area contributed by atoms with Crippen LogP contribution in [0.15, 0.2) is 24.3 Å². The Morgan fingerprint density at radius 1 is 1.50 bits per heavy atom. The second-order valence-corrected chi connectivity index (χ2v) is 4.04. The zero-order chi connectivity index (χ0) is 11.5. The van der Waals surface area contributed by atoms with Crippen molar-refractivity contribution in [2.45, 2.75) is 12.5 Å². The summed E-state index contributed by atoms with van der Waals surface area (Å²) < 4.78 is 13.4. The van der Waals surface area contributed by atoms with Gasteiger partial charge in [0, 0.05) is 19.6 Å². The Kier molecular flexibility index (Phi) is 3.19. The van der Waals surface area contributed by atoms with E-state index in [4.69, 9.17) is 0 Å². The van der Waals surface area contributed by atoms with Crippen LogP contribution in [0.3, 0.4) is 0 Å². The van der Waals surface area contributed by atoms with E-state index in [2.05, 4.69) is 5.32 Å². The third-order valence-electron chi connectivity index (χ3n) is 3.01. The summed E-state index contributed by atoms with van der Waals surface area (Å²) in [6.45, 7) is 1.70. The number of carbonyl (C=O) groups excluding carboxylic acids is 1. The van der Waals surface area contributed by atoms with Gasteiger partial charge in [-0.15, -0.1) is 0 Å². The molecule has 1 N–H and O–H groups in total. The molecule has 2 rings (SSSR count). The van der Waals surface area contributed by atoms with Crippen molar-refractivity contribution in [1.82, 2.24) is 10.2 Å². The molecular weight excluding hydrogens is 207 g/mol. The first-order valence-electron chi connectivity index (χ1n) is 5.42. The molecule has 1 aromatic rings. The van der Waals surface area contributed by atoms with Gasteiger partial charge in [-0.2, -0.15) is 0 Å². The van der Waals surface area contributed by atoms with Crippen LogP contribution >= 0.6 is 0 Å². The van der Waals surface area contributed by atoms with Gasteiger partial charge >= 0.3 is 0 Å². The van der Waals surface area contributed by atoms with Gasteiger partial charge in [-0.25, -0.2) is 4.39 Å². The van der Waals surface area contributed by atoms with Gasteiger partial charge < -0.3 is 10.2 Å². The summed E-state index contributed by atoms with van der Waals surface area (Å²) in [4.78, 5) is 13.6. The lowest BCUT2D eigenvalue weighted by Crippen LogP contribution is -2.38. The second kappa shape index (κ2) is 4.61. The molecule has 0 saturated carbocycles. The molecule has 0 aromatic heterocycles. The lowest BCUT2D eigenvalue weighted by molar-refractivity contribution is 0.0739.